The quantitative estimate of drug-likeness (QED) is 0.544. The molecular formula is C6H6N2O5. The molecule has 0 saturated carbocycles. The van der Waals surface area contributed by atoms with Crippen molar-refractivity contribution in [3.05, 3.63) is 21.6 Å². The van der Waals surface area contributed by atoms with Crippen molar-refractivity contribution in [3.8, 4) is 0 Å². The second-order valence-electron chi connectivity index (χ2n) is 2.36. The van der Waals surface area contributed by atoms with E-state index in [4.69, 9.17) is 5.11 Å². The Morgan fingerprint density at radius 2 is 2.38 bits per heavy atom. The fourth-order valence-corrected chi connectivity index (χ4v) is 0.906. The maximum absolute atomic E-state index is 10.4. The average molecular weight is 186 g/mol. The van der Waals surface area contributed by atoms with Crippen molar-refractivity contribution in [1.82, 2.24) is 5.16 Å². The molecule has 7 heteroatoms. The third-order valence-corrected chi connectivity index (χ3v) is 1.40. The molecule has 0 aliphatic heterocycles. The number of aromatic nitrogens is 1. The number of carboxylic acid groups (broad SMARTS) is 1. The van der Waals surface area contributed by atoms with Crippen LogP contribution in [0.2, 0.25) is 0 Å². The first-order valence-corrected chi connectivity index (χ1v) is 3.33. The molecule has 1 aromatic heterocycles. The molecular weight excluding hydrogens is 180 g/mol. The zero-order valence-corrected chi connectivity index (χ0v) is 6.68. The standard InChI is InChI=1S/C6H6N2O5/c1-3-6(8(11)12)4(7-13-3)2-5(9)10/h2H2,1H3,(H,9,10). The summed E-state index contributed by atoms with van der Waals surface area (Å²) in [5.41, 5.74) is -0.516. The van der Waals surface area contributed by atoms with Crippen LogP contribution in [-0.2, 0) is 11.2 Å². The molecule has 0 fully saturated rings. The van der Waals surface area contributed by atoms with Crippen molar-refractivity contribution in [1.29, 1.82) is 0 Å². The van der Waals surface area contributed by atoms with Crippen LogP contribution in [-0.4, -0.2) is 21.2 Å². The van der Waals surface area contributed by atoms with Crippen LogP contribution in [0.3, 0.4) is 0 Å². The minimum Gasteiger partial charge on any atom is -0.481 e. The smallest absolute Gasteiger partial charge is 0.335 e. The van der Waals surface area contributed by atoms with Crippen LogP contribution in [0.1, 0.15) is 11.5 Å². The van der Waals surface area contributed by atoms with E-state index in [9.17, 15) is 14.9 Å². The van der Waals surface area contributed by atoms with E-state index in [1.54, 1.807) is 0 Å². The predicted molar refractivity (Wildman–Crippen MR) is 39.2 cm³/mol. The summed E-state index contributed by atoms with van der Waals surface area (Å²) in [5.74, 6) is -1.17. The van der Waals surface area contributed by atoms with Gasteiger partial charge in [-0.1, -0.05) is 5.16 Å². The summed E-state index contributed by atoms with van der Waals surface area (Å²) in [6.07, 6.45) is -0.506. The van der Waals surface area contributed by atoms with Crippen molar-refractivity contribution in [2.24, 2.45) is 0 Å². The zero-order valence-electron chi connectivity index (χ0n) is 6.68. The van der Waals surface area contributed by atoms with E-state index in [-0.39, 0.29) is 17.1 Å². The average Bonchev–Trinajstić information content (AvgIpc) is 2.30. The van der Waals surface area contributed by atoms with E-state index in [1.807, 2.05) is 0 Å². The van der Waals surface area contributed by atoms with Gasteiger partial charge in [-0.15, -0.1) is 0 Å². The molecule has 0 bridgehead atoms. The normalized spacial score (nSPS) is 9.92. The summed E-state index contributed by atoms with van der Waals surface area (Å²) in [6.45, 7) is 1.36. The topological polar surface area (TPSA) is 106 Å². The highest BCUT2D eigenvalue weighted by Gasteiger charge is 2.25. The van der Waals surface area contributed by atoms with Gasteiger partial charge in [0.25, 0.3) is 0 Å². The monoisotopic (exact) mass is 186 g/mol. The number of nitro groups is 1. The Hall–Kier alpha value is -1.92. The largest absolute Gasteiger partial charge is 0.481 e. The summed E-state index contributed by atoms with van der Waals surface area (Å²) >= 11 is 0. The van der Waals surface area contributed by atoms with Crippen LogP contribution >= 0.6 is 0 Å². The number of carboxylic acids is 1. The number of carbonyl (C=O) groups is 1. The van der Waals surface area contributed by atoms with Gasteiger partial charge in [0.2, 0.25) is 5.76 Å². The highest BCUT2D eigenvalue weighted by atomic mass is 16.6. The summed E-state index contributed by atoms with van der Waals surface area (Å²) in [7, 11) is 0. The fourth-order valence-electron chi connectivity index (χ4n) is 0.906. The molecule has 7 nitrogen and oxygen atoms in total. The van der Waals surface area contributed by atoms with Gasteiger partial charge in [0.05, 0.1) is 11.3 Å². The third-order valence-electron chi connectivity index (χ3n) is 1.40. The number of rotatable bonds is 3. The molecule has 0 spiro atoms. The molecule has 0 unspecified atom stereocenters. The van der Waals surface area contributed by atoms with Gasteiger partial charge in [0.15, 0.2) is 5.69 Å². The van der Waals surface area contributed by atoms with Crippen LogP contribution in [0.5, 0.6) is 0 Å². The highest BCUT2D eigenvalue weighted by Crippen LogP contribution is 2.22. The van der Waals surface area contributed by atoms with Gasteiger partial charge in [-0.2, -0.15) is 0 Å². The Morgan fingerprint density at radius 3 is 2.85 bits per heavy atom. The van der Waals surface area contributed by atoms with Crippen molar-refractivity contribution in [3.63, 3.8) is 0 Å². The van der Waals surface area contributed by atoms with Crippen LogP contribution in [0.15, 0.2) is 4.52 Å². The lowest BCUT2D eigenvalue weighted by Crippen LogP contribution is -2.03. The van der Waals surface area contributed by atoms with E-state index in [2.05, 4.69) is 9.68 Å². The first-order chi connectivity index (χ1) is 6.02. The van der Waals surface area contributed by atoms with Crippen molar-refractivity contribution in [2.75, 3.05) is 0 Å². The summed E-state index contributed by atoms with van der Waals surface area (Å²) in [5, 5.41) is 22.1. The lowest BCUT2D eigenvalue weighted by atomic mass is 10.2. The van der Waals surface area contributed by atoms with E-state index >= 15 is 0 Å². The molecule has 0 aliphatic carbocycles. The highest BCUT2D eigenvalue weighted by molar-refractivity contribution is 5.71. The van der Waals surface area contributed by atoms with E-state index in [0.717, 1.165) is 0 Å². The Bertz CT molecular complexity index is 356. The van der Waals surface area contributed by atoms with Crippen molar-refractivity contribution < 1.29 is 19.3 Å². The summed E-state index contributed by atoms with van der Waals surface area (Å²) in [4.78, 5) is 19.9. The van der Waals surface area contributed by atoms with Crippen LogP contribution in [0.25, 0.3) is 0 Å². The number of aliphatic carboxylic acids is 1. The molecule has 1 heterocycles. The molecule has 0 saturated heterocycles. The lowest BCUT2D eigenvalue weighted by molar-refractivity contribution is -0.386. The van der Waals surface area contributed by atoms with Crippen molar-refractivity contribution >= 4 is 11.7 Å². The predicted octanol–water partition coefficient (Wildman–Crippen LogP) is 0.518. The molecule has 0 radical (unpaired) electrons. The first-order valence-electron chi connectivity index (χ1n) is 3.33. The maximum atomic E-state index is 10.4. The fraction of sp³-hybridized carbons (Fsp3) is 0.333. The number of hydrogen-bond donors (Lipinski definition) is 1. The molecule has 1 N–H and O–H groups in total. The van der Waals surface area contributed by atoms with Gasteiger partial charge in [0, 0.05) is 6.92 Å². The molecule has 1 rings (SSSR count). The lowest BCUT2D eigenvalue weighted by Gasteiger charge is -1.88. The zero-order chi connectivity index (χ0) is 10.0. The molecule has 0 aliphatic rings. The van der Waals surface area contributed by atoms with E-state index < -0.39 is 17.3 Å². The number of aryl methyl sites for hydroxylation is 1. The minimum atomic E-state index is -1.18. The van der Waals surface area contributed by atoms with Gasteiger partial charge in [-0.25, -0.2) is 0 Å². The van der Waals surface area contributed by atoms with Crippen molar-refractivity contribution in [2.45, 2.75) is 13.3 Å². The molecule has 1 aromatic rings. The second kappa shape index (κ2) is 3.21. The Kier molecular flexibility index (Phi) is 2.27. The Labute approximate surface area is 72.1 Å². The van der Waals surface area contributed by atoms with Crippen LogP contribution in [0, 0.1) is 17.0 Å². The number of nitrogens with zero attached hydrogens (tertiary/aromatic N) is 2. The van der Waals surface area contributed by atoms with Crippen LogP contribution in [0.4, 0.5) is 5.69 Å². The molecule has 0 amide bonds. The van der Waals surface area contributed by atoms with Crippen LogP contribution < -0.4 is 0 Å². The van der Waals surface area contributed by atoms with Gasteiger partial charge in [-0.3, -0.25) is 14.9 Å². The minimum absolute atomic E-state index is 0.0150. The maximum Gasteiger partial charge on any atom is 0.335 e. The SMILES string of the molecule is Cc1onc(CC(=O)O)c1[N+](=O)[O-]. The van der Waals surface area contributed by atoms with E-state index in [1.165, 1.54) is 6.92 Å². The summed E-state index contributed by atoms with van der Waals surface area (Å²) in [6, 6.07) is 0. The molecule has 0 aromatic carbocycles. The Morgan fingerprint density at radius 1 is 1.77 bits per heavy atom. The second-order valence-corrected chi connectivity index (χ2v) is 2.36. The third kappa shape index (κ3) is 1.81. The Balaban J connectivity index is 3.07. The number of hydrogen-bond acceptors (Lipinski definition) is 5. The summed E-state index contributed by atoms with van der Waals surface area (Å²) < 4.78 is 4.50. The first kappa shape index (κ1) is 9.17. The molecule has 13 heavy (non-hydrogen) atoms. The van der Waals surface area contributed by atoms with Gasteiger partial charge >= 0.3 is 11.7 Å². The molecule has 0 atom stereocenters. The van der Waals surface area contributed by atoms with Gasteiger partial charge in [0.1, 0.15) is 0 Å². The van der Waals surface area contributed by atoms with E-state index in [0.29, 0.717) is 0 Å². The van der Waals surface area contributed by atoms with Gasteiger partial charge < -0.3 is 9.63 Å². The molecule has 70 valence electrons. The van der Waals surface area contributed by atoms with Gasteiger partial charge in [-0.05, 0) is 0 Å².